The first kappa shape index (κ1) is 20.3. The molecule has 0 aliphatic carbocycles. The minimum absolute atomic E-state index is 0.0165. The van der Waals surface area contributed by atoms with E-state index in [1.165, 1.54) is 11.8 Å². The highest BCUT2D eigenvalue weighted by molar-refractivity contribution is 7.99. The van der Waals surface area contributed by atoms with E-state index in [0.717, 1.165) is 64.3 Å². The molecule has 1 aromatic heterocycles. The number of aromatic nitrogens is 2. The lowest BCUT2D eigenvalue weighted by Crippen LogP contribution is -2.46. The number of likely N-dealkylation sites (N-methyl/N-ethyl adjacent to an activating group) is 1. The number of hydrogen-bond donors (Lipinski definition) is 1. The molecule has 8 heteroatoms. The van der Waals surface area contributed by atoms with Crippen molar-refractivity contribution in [3.8, 4) is 0 Å². The number of amides is 1. The van der Waals surface area contributed by atoms with Gasteiger partial charge < -0.3 is 15.1 Å². The maximum Gasteiger partial charge on any atom is 0.230 e. The fourth-order valence-electron chi connectivity index (χ4n) is 2.69. The summed E-state index contributed by atoms with van der Waals surface area (Å²) in [5, 5.41) is 3.91. The summed E-state index contributed by atoms with van der Waals surface area (Å²) >= 11 is 7.49. The fourth-order valence-corrected chi connectivity index (χ4v) is 3.60. The number of thioether (sulfide) groups is 1. The summed E-state index contributed by atoms with van der Waals surface area (Å²) in [5.74, 6) is 1.18. The van der Waals surface area contributed by atoms with Crippen LogP contribution in [0.1, 0.15) is 33.1 Å². The zero-order valence-corrected chi connectivity index (χ0v) is 16.7. The number of halogens is 1. The third-order valence-corrected chi connectivity index (χ3v) is 5.28. The number of carbonyl (C=O) groups is 1. The van der Waals surface area contributed by atoms with Gasteiger partial charge in [-0.25, -0.2) is 9.97 Å². The average molecular weight is 386 g/mol. The quantitative estimate of drug-likeness (QED) is 0.305. The van der Waals surface area contributed by atoms with Gasteiger partial charge in [-0.15, -0.1) is 0 Å². The monoisotopic (exact) mass is 385 g/mol. The van der Waals surface area contributed by atoms with E-state index in [0.29, 0.717) is 16.1 Å². The van der Waals surface area contributed by atoms with Gasteiger partial charge in [0.1, 0.15) is 11.0 Å². The topological polar surface area (TPSA) is 61.4 Å². The molecule has 1 N–H and O–H groups in total. The van der Waals surface area contributed by atoms with Crippen LogP contribution in [0, 0.1) is 0 Å². The van der Waals surface area contributed by atoms with Crippen molar-refractivity contribution in [3.63, 3.8) is 0 Å². The molecule has 0 atom stereocenters. The molecule has 2 heterocycles. The highest BCUT2D eigenvalue weighted by atomic mass is 35.5. The van der Waals surface area contributed by atoms with E-state index >= 15 is 0 Å². The van der Waals surface area contributed by atoms with Gasteiger partial charge in [0.15, 0.2) is 5.16 Å². The van der Waals surface area contributed by atoms with Gasteiger partial charge in [0.25, 0.3) is 0 Å². The van der Waals surface area contributed by atoms with Gasteiger partial charge in [-0.2, -0.15) is 0 Å². The predicted molar refractivity (Wildman–Crippen MR) is 105 cm³/mol. The Labute approximate surface area is 159 Å². The number of carbonyl (C=O) groups excluding carboxylic acids is 1. The molecule has 1 saturated heterocycles. The van der Waals surface area contributed by atoms with E-state index in [4.69, 9.17) is 11.6 Å². The van der Waals surface area contributed by atoms with Gasteiger partial charge in [0.2, 0.25) is 5.91 Å². The van der Waals surface area contributed by atoms with Crippen molar-refractivity contribution in [1.29, 1.82) is 0 Å². The fraction of sp³-hybridized carbons (Fsp3) is 0.706. The van der Waals surface area contributed by atoms with Crippen LogP contribution in [0.2, 0.25) is 5.15 Å². The van der Waals surface area contributed by atoms with Gasteiger partial charge in [-0.1, -0.05) is 50.1 Å². The summed E-state index contributed by atoms with van der Waals surface area (Å²) < 4.78 is 0. The minimum atomic E-state index is 0.0165. The van der Waals surface area contributed by atoms with Gasteiger partial charge in [0, 0.05) is 38.8 Å². The molecule has 1 fully saturated rings. The molecule has 1 aliphatic heterocycles. The van der Waals surface area contributed by atoms with Crippen molar-refractivity contribution >= 4 is 35.1 Å². The summed E-state index contributed by atoms with van der Waals surface area (Å²) in [4.78, 5) is 25.4. The first-order valence-corrected chi connectivity index (χ1v) is 10.4. The maximum atomic E-state index is 11.9. The van der Waals surface area contributed by atoms with E-state index in [1.54, 1.807) is 6.07 Å². The predicted octanol–water partition coefficient (Wildman–Crippen LogP) is 2.67. The first-order valence-electron chi connectivity index (χ1n) is 9.03. The largest absolute Gasteiger partial charge is 0.355 e. The van der Waals surface area contributed by atoms with Crippen LogP contribution in [0.3, 0.4) is 0 Å². The van der Waals surface area contributed by atoms with Crippen LogP contribution in [-0.2, 0) is 4.79 Å². The summed E-state index contributed by atoms with van der Waals surface area (Å²) in [5.41, 5.74) is 0. The molecule has 6 nitrogen and oxygen atoms in total. The second kappa shape index (κ2) is 10.8. The summed E-state index contributed by atoms with van der Waals surface area (Å²) in [6.45, 7) is 10.1. The molecule has 0 aromatic carbocycles. The van der Waals surface area contributed by atoms with Crippen molar-refractivity contribution in [2.75, 3.05) is 49.9 Å². The Bertz CT molecular complexity index is 552. The van der Waals surface area contributed by atoms with Crippen LogP contribution in [-0.4, -0.2) is 65.8 Å². The summed E-state index contributed by atoms with van der Waals surface area (Å²) in [6, 6.07) is 1.80. The van der Waals surface area contributed by atoms with Crippen LogP contribution < -0.4 is 10.2 Å². The van der Waals surface area contributed by atoms with Crippen molar-refractivity contribution in [2.45, 2.75) is 38.3 Å². The third-order valence-electron chi connectivity index (χ3n) is 4.24. The Balaban J connectivity index is 1.85. The molecule has 25 heavy (non-hydrogen) atoms. The summed E-state index contributed by atoms with van der Waals surface area (Å²) in [7, 11) is 0. The van der Waals surface area contributed by atoms with Gasteiger partial charge in [0.05, 0.1) is 5.75 Å². The van der Waals surface area contributed by atoms with E-state index < -0.39 is 0 Å². The molecule has 0 radical (unpaired) electrons. The molecule has 1 aromatic rings. The molecule has 1 aliphatic rings. The highest BCUT2D eigenvalue weighted by Crippen LogP contribution is 2.22. The van der Waals surface area contributed by atoms with Crippen LogP contribution >= 0.6 is 23.4 Å². The van der Waals surface area contributed by atoms with Crippen LogP contribution in [0.4, 0.5) is 5.82 Å². The number of nitrogens with one attached hydrogen (secondary N) is 1. The van der Waals surface area contributed by atoms with E-state index in [1.807, 2.05) is 0 Å². The Morgan fingerprint density at radius 3 is 2.68 bits per heavy atom. The zero-order valence-electron chi connectivity index (χ0n) is 15.1. The van der Waals surface area contributed by atoms with Gasteiger partial charge in [-0.05, 0) is 13.0 Å². The van der Waals surface area contributed by atoms with Crippen LogP contribution in [0.5, 0.6) is 0 Å². The molecule has 0 unspecified atom stereocenters. The molecular weight excluding hydrogens is 358 g/mol. The third kappa shape index (κ3) is 6.99. The molecule has 0 spiro atoms. The number of piperazine rings is 1. The zero-order chi connectivity index (χ0) is 18.1. The van der Waals surface area contributed by atoms with E-state index in [2.05, 4.69) is 38.9 Å². The second-order valence-electron chi connectivity index (χ2n) is 6.10. The van der Waals surface area contributed by atoms with Crippen molar-refractivity contribution in [1.82, 2.24) is 20.2 Å². The van der Waals surface area contributed by atoms with Crippen molar-refractivity contribution in [2.24, 2.45) is 0 Å². The average Bonchev–Trinajstić information content (AvgIpc) is 2.63. The first-order chi connectivity index (χ1) is 12.1. The van der Waals surface area contributed by atoms with Crippen LogP contribution in [0.25, 0.3) is 0 Å². The molecule has 1 amide bonds. The van der Waals surface area contributed by atoms with Gasteiger partial charge in [-0.3, -0.25) is 4.79 Å². The number of anilines is 1. The lowest BCUT2D eigenvalue weighted by atomic mass is 10.2. The SMILES string of the molecule is CCCCCNC(=O)CSc1nc(Cl)cc(N2CCN(CC)CC2)n1. The van der Waals surface area contributed by atoms with E-state index in [9.17, 15) is 4.79 Å². The Kier molecular flexibility index (Phi) is 8.78. The molecule has 140 valence electrons. The lowest BCUT2D eigenvalue weighted by Gasteiger charge is -2.34. The Morgan fingerprint density at radius 1 is 1.24 bits per heavy atom. The number of hydrogen-bond acceptors (Lipinski definition) is 6. The van der Waals surface area contributed by atoms with Crippen LogP contribution in [0.15, 0.2) is 11.2 Å². The number of rotatable bonds is 9. The van der Waals surface area contributed by atoms with Gasteiger partial charge >= 0.3 is 0 Å². The molecule has 0 saturated carbocycles. The van der Waals surface area contributed by atoms with E-state index in [-0.39, 0.29) is 5.91 Å². The molecule has 2 rings (SSSR count). The maximum absolute atomic E-state index is 11.9. The van der Waals surface area contributed by atoms with Crippen molar-refractivity contribution < 1.29 is 4.79 Å². The lowest BCUT2D eigenvalue weighted by molar-refractivity contribution is -0.118. The standard InChI is InChI=1S/C17H28ClN5OS/c1-3-5-6-7-19-16(24)13-25-17-20-14(18)12-15(21-17)23-10-8-22(4-2)9-11-23/h12H,3-11,13H2,1-2H3,(H,19,24). The second-order valence-corrected chi connectivity index (χ2v) is 7.43. The smallest absolute Gasteiger partial charge is 0.230 e. The highest BCUT2D eigenvalue weighted by Gasteiger charge is 2.18. The molecule has 0 bridgehead atoms. The summed E-state index contributed by atoms with van der Waals surface area (Å²) in [6.07, 6.45) is 3.31. The Hall–Kier alpha value is -1.05. The normalized spacial score (nSPS) is 15.4. The van der Waals surface area contributed by atoms with Crippen molar-refractivity contribution in [3.05, 3.63) is 11.2 Å². The minimum Gasteiger partial charge on any atom is -0.355 e. The Morgan fingerprint density at radius 2 is 2.00 bits per heavy atom. The number of nitrogens with zero attached hydrogens (tertiary/aromatic N) is 4. The molecular formula is C17H28ClN5OS. The number of unbranched alkanes of at least 4 members (excludes halogenated alkanes) is 2.